The molecule has 1 heterocycles. The molecule has 0 aliphatic carbocycles. The van der Waals surface area contributed by atoms with Crippen molar-refractivity contribution in [2.75, 3.05) is 26.4 Å². The van der Waals surface area contributed by atoms with E-state index in [0.717, 1.165) is 28.9 Å². The molecule has 0 fully saturated rings. The molecule has 28 heavy (non-hydrogen) atoms. The number of hydrogen-bond donors (Lipinski definition) is 0. The number of nitrogens with zero attached hydrogens (tertiary/aromatic N) is 1. The molecule has 2 aromatic carbocycles. The van der Waals surface area contributed by atoms with Gasteiger partial charge in [-0.05, 0) is 56.5 Å². The van der Waals surface area contributed by atoms with Crippen molar-refractivity contribution in [3.8, 4) is 11.5 Å². The molecule has 5 heteroatoms. The molecule has 5 nitrogen and oxygen atoms in total. The summed E-state index contributed by atoms with van der Waals surface area (Å²) in [4.78, 5) is 15.0. The monoisotopic (exact) mass is 383 g/mol. The Morgan fingerprint density at radius 3 is 2.43 bits per heavy atom. The van der Waals surface area contributed by atoms with Gasteiger partial charge in [0.05, 0.1) is 19.3 Å². The van der Waals surface area contributed by atoms with Gasteiger partial charge in [0.25, 0.3) is 5.91 Å². The number of carbonyl (C=O) groups excluding carboxylic acids is 1. The average Bonchev–Trinajstić information content (AvgIpc) is 3.04. The summed E-state index contributed by atoms with van der Waals surface area (Å²) >= 11 is 0. The van der Waals surface area contributed by atoms with Gasteiger partial charge in [0.1, 0.15) is 0 Å². The summed E-state index contributed by atoms with van der Waals surface area (Å²) in [7, 11) is 0. The second kappa shape index (κ2) is 9.60. The largest absolute Gasteiger partial charge is 0.490 e. The molecule has 0 aromatic heterocycles. The first-order chi connectivity index (χ1) is 13.7. The second-order valence-electron chi connectivity index (χ2n) is 6.66. The van der Waals surface area contributed by atoms with Gasteiger partial charge in [0.15, 0.2) is 11.5 Å². The van der Waals surface area contributed by atoms with E-state index in [2.05, 4.69) is 0 Å². The van der Waals surface area contributed by atoms with Crippen LogP contribution in [-0.4, -0.2) is 37.2 Å². The average molecular weight is 383 g/mol. The van der Waals surface area contributed by atoms with Gasteiger partial charge in [0.2, 0.25) is 0 Å². The van der Waals surface area contributed by atoms with E-state index in [-0.39, 0.29) is 11.9 Å². The van der Waals surface area contributed by atoms with E-state index in [1.807, 2.05) is 68.1 Å². The SMILES string of the molecule is CCOCCC(c1ccc(OCC)c(OCC)c1)N1Cc2ccccc2C1=O. The number of rotatable bonds is 10. The topological polar surface area (TPSA) is 48.0 Å². The summed E-state index contributed by atoms with van der Waals surface area (Å²) in [6, 6.07) is 13.7. The standard InChI is InChI=1S/C23H29NO4/c1-4-26-14-13-20(24-16-18-9-7-8-10-19(18)23(24)25)17-11-12-21(27-5-2)22(15-17)28-6-3/h7-12,15,20H,4-6,13-14,16H2,1-3H3. The fourth-order valence-electron chi connectivity index (χ4n) is 3.65. The molecule has 3 rings (SSSR count). The number of benzene rings is 2. The first-order valence-electron chi connectivity index (χ1n) is 10.1. The molecule has 1 atom stereocenters. The molecule has 0 N–H and O–H groups in total. The highest BCUT2D eigenvalue weighted by atomic mass is 16.5. The van der Waals surface area contributed by atoms with E-state index >= 15 is 0 Å². The Morgan fingerprint density at radius 1 is 0.964 bits per heavy atom. The smallest absolute Gasteiger partial charge is 0.255 e. The van der Waals surface area contributed by atoms with Gasteiger partial charge in [-0.2, -0.15) is 0 Å². The molecular weight excluding hydrogens is 354 g/mol. The quantitative estimate of drug-likeness (QED) is 0.562. The minimum atomic E-state index is -0.0821. The fourth-order valence-corrected chi connectivity index (χ4v) is 3.65. The van der Waals surface area contributed by atoms with Crippen LogP contribution >= 0.6 is 0 Å². The van der Waals surface area contributed by atoms with Gasteiger partial charge in [-0.3, -0.25) is 4.79 Å². The van der Waals surface area contributed by atoms with Crippen molar-refractivity contribution in [1.82, 2.24) is 4.90 Å². The Kier molecular flexibility index (Phi) is 6.93. The van der Waals surface area contributed by atoms with Crippen LogP contribution in [0.1, 0.15) is 54.7 Å². The summed E-state index contributed by atoms with van der Waals surface area (Å²) in [6.45, 7) is 8.89. The van der Waals surface area contributed by atoms with Crippen LogP contribution in [0.4, 0.5) is 0 Å². The van der Waals surface area contributed by atoms with Gasteiger partial charge in [-0.1, -0.05) is 24.3 Å². The zero-order chi connectivity index (χ0) is 19.9. The van der Waals surface area contributed by atoms with Crippen LogP contribution in [0.5, 0.6) is 11.5 Å². The lowest BCUT2D eigenvalue weighted by molar-refractivity contribution is 0.0628. The van der Waals surface area contributed by atoms with E-state index in [0.29, 0.717) is 38.7 Å². The van der Waals surface area contributed by atoms with Crippen LogP contribution in [0.25, 0.3) is 0 Å². The lowest BCUT2D eigenvalue weighted by Crippen LogP contribution is -2.30. The maximum atomic E-state index is 13.1. The minimum Gasteiger partial charge on any atom is -0.490 e. The first-order valence-corrected chi connectivity index (χ1v) is 10.1. The van der Waals surface area contributed by atoms with Gasteiger partial charge >= 0.3 is 0 Å². The third-order valence-corrected chi connectivity index (χ3v) is 4.92. The van der Waals surface area contributed by atoms with Gasteiger partial charge in [-0.15, -0.1) is 0 Å². The van der Waals surface area contributed by atoms with Crippen molar-refractivity contribution >= 4 is 5.91 Å². The van der Waals surface area contributed by atoms with Crippen LogP contribution < -0.4 is 9.47 Å². The van der Waals surface area contributed by atoms with Crippen molar-refractivity contribution in [3.63, 3.8) is 0 Å². The first kappa shape index (κ1) is 20.2. The lowest BCUT2D eigenvalue weighted by Gasteiger charge is -2.29. The maximum absolute atomic E-state index is 13.1. The molecule has 1 amide bonds. The van der Waals surface area contributed by atoms with Crippen LogP contribution in [-0.2, 0) is 11.3 Å². The molecule has 1 aliphatic rings. The summed E-state index contributed by atoms with van der Waals surface area (Å²) in [5.74, 6) is 1.52. The van der Waals surface area contributed by atoms with Crippen molar-refractivity contribution in [2.45, 2.75) is 39.8 Å². The van der Waals surface area contributed by atoms with E-state index in [4.69, 9.17) is 14.2 Å². The van der Waals surface area contributed by atoms with Crippen molar-refractivity contribution < 1.29 is 19.0 Å². The van der Waals surface area contributed by atoms with Crippen LogP contribution in [0.15, 0.2) is 42.5 Å². The lowest BCUT2D eigenvalue weighted by atomic mass is 10.0. The van der Waals surface area contributed by atoms with Gasteiger partial charge in [0, 0.05) is 25.3 Å². The number of amides is 1. The predicted octanol–water partition coefficient (Wildman–Crippen LogP) is 4.61. The number of fused-ring (bicyclic) bond motifs is 1. The highest BCUT2D eigenvalue weighted by Crippen LogP contribution is 2.37. The second-order valence-corrected chi connectivity index (χ2v) is 6.66. The normalized spacial score (nSPS) is 14.1. The van der Waals surface area contributed by atoms with E-state index in [1.165, 1.54) is 0 Å². The molecule has 1 aliphatic heterocycles. The summed E-state index contributed by atoms with van der Waals surface area (Å²) in [5.41, 5.74) is 2.90. The maximum Gasteiger partial charge on any atom is 0.255 e. The minimum absolute atomic E-state index is 0.0731. The summed E-state index contributed by atoms with van der Waals surface area (Å²) < 4.78 is 17.1. The van der Waals surface area contributed by atoms with Crippen LogP contribution in [0.3, 0.4) is 0 Å². The molecule has 0 spiro atoms. The molecule has 1 unspecified atom stereocenters. The van der Waals surface area contributed by atoms with E-state index in [1.54, 1.807) is 0 Å². The molecule has 0 bridgehead atoms. The van der Waals surface area contributed by atoms with Crippen molar-refractivity contribution in [2.24, 2.45) is 0 Å². The third kappa shape index (κ3) is 4.30. The zero-order valence-electron chi connectivity index (χ0n) is 16.9. The molecular formula is C23H29NO4. The predicted molar refractivity (Wildman–Crippen MR) is 109 cm³/mol. The summed E-state index contributed by atoms with van der Waals surface area (Å²) in [6.07, 6.45) is 0.729. The highest BCUT2D eigenvalue weighted by Gasteiger charge is 2.33. The molecule has 0 saturated heterocycles. The molecule has 150 valence electrons. The van der Waals surface area contributed by atoms with Gasteiger partial charge in [-0.25, -0.2) is 0 Å². The number of carbonyl (C=O) groups is 1. The Bertz CT molecular complexity index is 805. The fraction of sp³-hybridized carbons (Fsp3) is 0.435. The number of ether oxygens (including phenoxy) is 3. The van der Waals surface area contributed by atoms with E-state index in [9.17, 15) is 4.79 Å². The molecule has 0 radical (unpaired) electrons. The van der Waals surface area contributed by atoms with Crippen LogP contribution in [0.2, 0.25) is 0 Å². The Hall–Kier alpha value is -2.53. The van der Waals surface area contributed by atoms with Crippen LogP contribution in [0, 0.1) is 0 Å². The zero-order valence-corrected chi connectivity index (χ0v) is 16.9. The third-order valence-electron chi connectivity index (χ3n) is 4.92. The van der Waals surface area contributed by atoms with Crippen molar-refractivity contribution in [3.05, 3.63) is 59.2 Å². The Morgan fingerprint density at radius 2 is 1.71 bits per heavy atom. The molecule has 2 aromatic rings. The Labute approximate surface area is 167 Å². The highest BCUT2D eigenvalue weighted by molar-refractivity contribution is 5.98. The van der Waals surface area contributed by atoms with Crippen molar-refractivity contribution in [1.29, 1.82) is 0 Å². The Balaban J connectivity index is 1.92. The number of hydrogen-bond acceptors (Lipinski definition) is 4. The molecule has 0 saturated carbocycles. The van der Waals surface area contributed by atoms with Gasteiger partial charge < -0.3 is 19.1 Å². The van der Waals surface area contributed by atoms with E-state index < -0.39 is 0 Å². The summed E-state index contributed by atoms with van der Waals surface area (Å²) in [5, 5.41) is 0.